The molecule has 0 bridgehead atoms. The number of carbonyl (C=O) groups excluding carboxylic acids is 2. The van der Waals surface area contributed by atoms with E-state index in [1.165, 1.54) is 0 Å². The number of carbonyl (C=O) groups is 2. The van der Waals surface area contributed by atoms with E-state index < -0.39 is 12.0 Å². The zero-order valence-electron chi connectivity index (χ0n) is 13.3. The van der Waals surface area contributed by atoms with Crippen LogP contribution in [0.1, 0.15) is 38.7 Å². The van der Waals surface area contributed by atoms with Crippen molar-refractivity contribution in [2.75, 3.05) is 0 Å². The van der Waals surface area contributed by atoms with Crippen molar-refractivity contribution in [1.29, 1.82) is 0 Å². The van der Waals surface area contributed by atoms with Gasteiger partial charge in [-0.3, -0.25) is 9.59 Å². The minimum Gasteiger partial charge on any atom is -0.392 e. The van der Waals surface area contributed by atoms with Crippen molar-refractivity contribution in [1.82, 2.24) is 5.32 Å². The fourth-order valence-electron chi connectivity index (χ4n) is 2.99. The second-order valence-corrected chi connectivity index (χ2v) is 6.32. The van der Waals surface area contributed by atoms with Gasteiger partial charge in [0, 0.05) is 18.9 Å². The second-order valence-electron chi connectivity index (χ2n) is 6.32. The number of aliphatic hydroxyl groups is 1. The Hall–Kier alpha value is -1.68. The van der Waals surface area contributed by atoms with Crippen LogP contribution in [0.25, 0.3) is 0 Å². The summed E-state index contributed by atoms with van der Waals surface area (Å²) >= 11 is 0. The first-order chi connectivity index (χ1) is 10.5. The molecule has 2 rings (SSSR count). The van der Waals surface area contributed by atoms with E-state index in [2.05, 4.69) is 19.2 Å². The SMILES string of the molecule is CCC(C)C1CC(C(O)CC(=O)Cc2ccccc2)C(=O)N1. The highest BCUT2D eigenvalue weighted by molar-refractivity contribution is 5.85. The van der Waals surface area contributed by atoms with Crippen molar-refractivity contribution in [3.05, 3.63) is 35.9 Å². The van der Waals surface area contributed by atoms with Crippen molar-refractivity contribution in [2.45, 2.75) is 51.7 Å². The van der Waals surface area contributed by atoms with Gasteiger partial charge >= 0.3 is 0 Å². The smallest absolute Gasteiger partial charge is 0.226 e. The van der Waals surface area contributed by atoms with Gasteiger partial charge in [0.25, 0.3) is 0 Å². The highest BCUT2D eigenvalue weighted by Gasteiger charge is 2.38. The molecule has 1 aliphatic rings. The molecule has 1 saturated heterocycles. The molecule has 1 amide bonds. The van der Waals surface area contributed by atoms with Crippen LogP contribution >= 0.6 is 0 Å². The normalized spacial score (nSPS) is 23.9. The fourth-order valence-corrected chi connectivity index (χ4v) is 2.99. The number of benzene rings is 1. The quantitative estimate of drug-likeness (QED) is 0.810. The van der Waals surface area contributed by atoms with Gasteiger partial charge in [-0.2, -0.15) is 0 Å². The maximum absolute atomic E-state index is 12.1. The molecule has 0 saturated carbocycles. The molecule has 4 atom stereocenters. The molecular weight excluding hydrogens is 278 g/mol. The largest absolute Gasteiger partial charge is 0.392 e. The summed E-state index contributed by atoms with van der Waals surface area (Å²) < 4.78 is 0. The lowest BCUT2D eigenvalue weighted by molar-refractivity contribution is -0.127. The molecule has 120 valence electrons. The lowest BCUT2D eigenvalue weighted by Crippen LogP contribution is -2.33. The second kappa shape index (κ2) is 7.54. The minimum absolute atomic E-state index is 0.0292. The molecule has 0 aromatic heterocycles. The van der Waals surface area contributed by atoms with E-state index in [1.807, 2.05) is 30.3 Å². The lowest BCUT2D eigenvalue weighted by Gasteiger charge is -2.18. The van der Waals surface area contributed by atoms with Crippen molar-refractivity contribution in [3.8, 4) is 0 Å². The van der Waals surface area contributed by atoms with Crippen LogP contribution in [0.5, 0.6) is 0 Å². The predicted octanol–water partition coefficient (Wildman–Crippen LogP) is 2.10. The third-order valence-corrected chi connectivity index (χ3v) is 4.65. The Balaban J connectivity index is 1.88. The summed E-state index contributed by atoms with van der Waals surface area (Å²) in [4.78, 5) is 24.1. The number of ketones is 1. The van der Waals surface area contributed by atoms with Crippen molar-refractivity contribution in [2.24, 2.45) is 11.8 Å². The number of amides is 1. The summed E-state index contributed by atoms with van der Waals surface area (Å²) in [7, 11) is 0. The average Bonchev–Trinajstić information content (AvgIpc) is 2.89. The van der Waals surface area contributed by atoms with Gasteiger partial charge in [0.1, 0.15) is 5.78 Å². The van der Waals surface area contributed by atoms with Crippen molar-refractivity contribution >= 4 is 11.7 Å². The summed E-state index contributed by atoms with van der Waals surface area (Å²) in [6.45, 7) is 4.18. The molecule has 0 radical (unpaired) electrons. The maximum Gasteiger partial charge on any atom is 0.226 e. The van der Waals surface area contributed by atoms with Gasteiger partial charge in [-0.15, -0.1) is 0 Å². The fraction of sp³-hybridized carbons (Fsp3) is 0.556. The van der Waals surface area contributed by atoms with Gasteiger partial charge in [-0.05, 0) is 17.9 Å². The van der Waals surface area contributed by atoms with Crippen molar-refractivity contribution in [3.63, 3.8) is 0 Å². The Bertz CT molecular complexity index is 514. The minimum atomic E-state index is -0.884. The number of aliphatic hydroxyl groups excluding tert-OH is 1. The van der Waals surface area contributed by atoms with Gasteiger partial charge in [0.2, 0.25) is 5.91 Å². The molecule has 1 aliphatic heterocycles. The molecule has 1 aromatic carbocycles. The van der Waals surface area contributed by atoms with Gasteiger partial charge in [0.15, 0.2) is 0 Å². The molecule has 4 nitrogen and oxygen atoms in total. The van der Waals surface area contributed by atoms with Crippen LogP contribution in [0.3, 0.4) is 0 Å². The van der Waals surface area contributed by atoms with Gasteiger partial charge in [0.05, 0.1) is 12.0 Å². The first-order valence-corrected chi connectivity index (χ1v) is 8.05. The summed E-state index contributed by atoms with van der Waals surface area (Å²) in [6, 6.07) is 9.58. The Morgan fingerprint density at radius 1 is 1.36 bits per heavy atom. The molecule has 1 heterocycles. The molecule has 2 N–H and O–H groups in total. The highest BCUT2D eigenvalue weighted by atomic mass is 16.3. The summed E-state index contributed by atoms with van der Waals surface area (Å²) in [5, 5.41) is 13.2. The zero-order chi connectivity index (χ0) is 16.1. The summed E-state index contributed by atoms with van der Waals surface area (Å²) in [5.74, 6) is -0.219. The van der Waals surface area contributed by atoms with Crippen LogP contribution in [0, 0.1) is 11.8 Å². The number of hydrogen-bond acceptors (Lipinski definition) is 3. The molecular formula is C18H25NO3. The molecule has 1 aromatic rings. The molecule has 1 fully saturated rings. The van der Waals surface area contributed by atoms with E-state index >= 15 is 0 Å². The summed E-state index contributed by atoms with van der Waals surface area (Å²) in [5.41, 5.74) is 0.938. The van der Waals surface area contributed by atoms with E-state index in [0.717, 1.165) is 12.0 Å². The predicted molar refractivity (Wildman–Crippen MR) is 85.3 cm³/mol. The first kappa shape index (κ1) is 16.7. The molecule has 0 spiro atoms. The van der Waals surface area contributed by atoms with E-state index in [9.17, 15) is 14.7 Å². The Morgan fingerprint density at radius 2 is 2.05 bits per heavy atom. The van der Waals surface area contributed by atoms with Crippen molar-refractivity contribution < 1.29 is 14.7 Å². The number of nitrogens with one attached hydrogen (secondary N) is 1. The van der Waals surface area contributed by atoms with Crippen LogP contribution in [-0.4, -0.2) is 28.9 Å². The monoisotopic (exact) mass is 303 g/mol. The van der Waals surface area contributed by atoms with Crippen LogP contribution in [-0.2, 0) is 16.0 Å². The summed E-state index contributed by atoms with van der Waals surface area (Å²) in [6.07, 6.45) is 1.07. The highest BCUT2D eigenvalue weighted by Crippen LogP contribution is 2.26. The zero-order valence-corrected chi connectivity index (χ0v) is 13.3. The lowest BCUT2D eigenvalue weighted by atomic mass is 9.89. The van der Waals surface area contributed by atoms with Crippen LogP contribution in [0.4, 0.5) is 0 Å². The average molecular weight is 303 g/mol. The van der Waals surface area contributed by atoms with Crippen LogP contribution in [0.2, 0.25) is 0 Å². The van der Waals surface area contributed by atoms with Gasteiger partial charge in [-0.25, -0.2) is 0 Å². The molecule has 22 heavy (non-hydrogen) atoms. The van der Waals surface area contributed by atoms with E-state index in [-0.39, 0.29) is 24.2 Å². The van der Waals surface area contributed by atoms with Gasteiger partial charge < -0.3 is 10.4 Å². The number of rotatable bonds is 7. The van der Waals surface area contributed by atoms with E-state index in [4.69, 9.17) is 0 Å². The molecule has 4 heteroatoms. The number of Topliss-reactive ketones (excluding diaryl/α,β-unsaturated/α-hetero) is 1. The van der Waals surface area contributed by atoms with E-state index in [1.54, 1.807) is 0 Å². The molecule has 4 unspecified atom stereocenters. The topological polar surface area (TPSA) is 66.4 Å². The van der Waals surface area contributed by atoms with Gasteiger partial charge in [-0.1, -0.05) is 50.6 Å². The Kier molecular flexibility index (Phi) is 5.72. The first-order valence-electron chi connectivity index (χ1n) is 8.05. The Labute approximate surface area is 131 Å². The molecule has 0 aliphatic carbocycles. The third-order valence-electron chi connectivity index (χ3n) is 4.65. The van der Waals surface area contributed by atoms with Crippen LogP contribution < -0.4 is 5.32 Å². The maximum atomic E-state index is 12.1. The number of hydrogen-bond donors (Lipinski definition) is 2. The van der Waals surface area contributed by atoms with Crippen LogP contribution in [0.15, 0.2) is 30.3 Å². The Morgan fingerprint density at radius 3 is 2.68 bits per heavy atom. The van der Waals surface area contributed by atoms with E-state index in [0.29, 0.717) is 18.8 Å². The standard InChI is InChI=1S/C18H25NO3/c1-3-12(2)16-11-15(18(22)19-16)17(21)10-14(20)9-13-7-5-4-6-8-13/h4-8,12,15-17,21H,3,9-11H2,1-2H3,(H,19,22). The third kappa shape index (κ3) is 4.17.